The van der Waals surface area contributed by atoms with Gasteiger partial charge in [-0.1, -0.05) is 51.9 Å². The van der Waals surface area contributed by atoms with Crippen LogP contribution in [0.3, 0.4) is 0 Å². The van der Waals surface area contributed by atoms with E-state index in [2.05, 4.69) is 6.92 Å². The highest BCUT2D eigenvalue weighted by atomic mass is 16.5. The number of hydrogen-bond acceptors (Lipinski definition) is 2. The molecule has 17 heavy (non-hydrogen) atoms. The molecule has 1 fully saturated rings. The first-order chi connectivity index (χ1) is 8.33. The Bertz CT molecular complexity index is 195. The fraction of sp³-hybridized carbons (Fsp3) is 0.867. The number of rotatable bonds is 9. The maximum Gasteiger partial charge on any atom is 0.309 e. The van der Waals surface area contributed by atoms with E-state index in [0.29, 0.717) is 12.5 Å². The molecular weight excluding hydrogens is 212 g/mol. The fourth-order valence-corrected chi connectivity index (χ4v) is 2.40. The average molecular weight is 239 g/mol. The summed E-state index contributed by atoms with van der Waals surface area (Å²) in [5.74, 6) is 0.532. The molecule has 0 heterocycles. The Kier molecular flexibility index (Phi) is 8.12. The van der Waals surface area contributed by atoms with Gasteiger partial charge in [0.2, 0.25) is 0 Å². The third-order valence-electron chi connectivity index (χ3n) is 3.55. The van der Waals surface area contributed by atoms with E-state index < -0.39 is 0 Å². The van der Waals surface area contributed by atoms with E-state index in [4.69, 9.17) is 4.74 Å². The van der Waals surface area contributed by atoms with Gasteiger partial charge in [0, 0.05) is 0 Å². The highest BCUT2D eigenvalue weighted by Gasteiger charge is 2.16. The summed E-state index contributed by atoms with van der Waals surface area (Å²) < 4.78 is 5.26. The van der Waals surface area contributed by atoms with Crippen LogP contribution in [0.15, 0.2) is 0 Å². The number of carbonyl (C=O) groups excluding carboxylic acids is 1. The Morgan fingerprint density at radius 2 is 1.88 bits per heavy atom. The van der Waals surface area contributed by atoms with Gasteiger partial charge in [-0.25, -0.2) is 0 Å². The van der Waals surface area contributed by atoms with Crippen molar-refractivity contribution in [2.75, 3.05) is 6.61 Å². The van der Waals surface area contributed by atoms with Crippen molar-refractivity contribution >= 4 is 5.97 Å². The smallest absolute Gasteiger partial charge is 0.309 e. The second-order valence-electron chi connectivity index (χ2n) is 5.19. The highest BCUT2D eigenvalue weighted by molar-refractivity contribution is 5.78. The van der Waals surface area contributed by atoms with E-state index in [1.165, 1.54) is 51.4 Å². The van der Waals surface area contributed by atoms with Gasteiger partial charge in [0.25, 0.3) is 0 Å². The highest BCUT2D eigenvalue weighted by Crippen LogP contribution is 2.24. The van der Waals surface area contributed by atoms with Crippen LogP contribution in [0, 0.1) is 12.3 Å². The third-order valence-corrected chi connectivity index (χ3v) is 3.55. The Labute approximate surface area is 106 Å². The average Bonchev–Trinajstić information content (AvgIpc) is 2.84. The first kappa shape index (κ1) is 14.5. The number of carbonyl (C=O) groups is 1. The molecule has 0 aromatic rings. The lowest BCUT2D eigenvalue weighted by molar-refractivity contribution is -0.141. The molecule has 0 saturated heterocycles. The summed E-state index contributed by atoms with van der Waals surface area (Å²) in [4.78, 5) is 11.4. The molecule has 0 amide bonds. The van der Waals surface area contributed by atoms with Gasteiger partial charge in [0.05, 0.1) is 13.0 Å². The minimum Gasteiger partial charge on any atom is -0.465 e. The van der Waals surface area contributed by atoms with Crippen molar-refractivity contribution in [1.29, 1.82) is 0 Å². The van der Waals surface area contributed by atoms with E-state index in [0.717, 1.165) is 12.8 Å². The number of ether oxygens (including phenoxy) is 1. The number of unbranched alkanes of at least 4 members (excludes halogenated alkanes) is 5. The van der Waals surface area contributed by atoms with Gasteiger partial charge < -0.3 is 4.74 Å². The molecule has 0 aromatic heterocycles. The van der Waals surface area contributed by atoms with Crippen LogP contribution in [0.2, 0.25) is 0 Å². The van der Waals surface area contributed by atoms with Crippen molar-refractivity contribution < 1.29 is 9.53 Å². The molecular formula is C15H27O2. The van der Waals surface area contributed by atoms with Crippen molar-refractivity contribution in [2.45, 2.75) is 71.1 Å². The molecule has 2 heteroatoms. The standard InChI is InChI=1S/C15H27O2/c1-2-3-4-5-6-7-12-15(16)17-13-14-10-8-9-11-14/h12,14H,2-11,13H2,1H3. The van der Waals surface area contributed by atoms with E-state index in [-0.39, 0.29) is 5.97 Å². The van der Waals surface area contributed by atoms with E-state index >= 15 is 0 Å². The van der Waals surface area contributed by atoms with Crippen LogP contribution in [0.1, 0.15) is 71.1 Å². The molecule has 1 aliphatic carbocycles. The monoisotopic (exact) mass is 239 g/mol. The predicted molar refractivity (Wildman–Crippen MR) is 70.6 cm³/mol. The summed E-state index contributed by atoms with van der Waals surface area (Å²) in [6, 6.07) is 0. The summed E-state index contributed by atoms with van der Waals surface area (Å²) in [6.45, 7) is 2.86. The molecule has 1 aliphatic rings. The lowest BCUT2D eigenvalue weighted by atomic mass is 10.1. The first-order valence-corrected chi connectivity index (χ1v) is 7.33. The topological polar surface area (TPSA) is 26.3 Å². The minimum absolute atomic E-state index is 0.104. The minimum atomic E-state index is -0.104. The summed E-state index contributed by atoms with van der Waals surface area (Å²) in [5.41, 5.74) is 0. The molecule has 0 bridgehead atoms. The van der Waals surface area contributed by atoms with Gasteiger partial charge in [-0.15, -0.1) is 0 Å². The fourth-order valence-electron chi connectivity index (χ4n) is 2.40. The molecule has 0 unspecified atom stereocenters. The van der Waals surface area contributed by atoms with Crippen molar-refractivity contribution in [3.8, 4) is 0 Å². The van der Waals surface area contributed by atoms with Gasteiger partial charge >= 0.3 is 5.97 Å². The summed E-state index contributed by atoms with van der Waals surface area (Å²) in [7, 11) is 0. The molecule has 1 rings (SSSR count). The quantitative estimate of drug-likeness (QED) is 0.443. The van der Waals surface area contributed by atoms with Crippen LogP contribution >= 0.6 is 0 Å². The Morgan fingerprint density at radius 1 is 1.18 bits per heavy atom. The van der Waals surface area contributed by atoms with Crippen molar-refractivity contribution in [3.63, 3.8) is 0 Å². The molecule has 0 aromatic carbocycles. The molecule has 0 aliphatic heterocycles. The third kappa shape index (κ3) is 7.40. The zero-order valence-electron chi connectivity index (χ0n) is 11.2. The molecule has 1 radical (unpaired) electrons. The largest absolute Gasteiger partial charge is 0.465 e. The zero-order chi connectivity index (χ0) is 12.3. The van der Waals surface area contributed by atoms with Crippen LogP contribution in [0.5, 0.6) is 0 Å². The Balaban J connectivity index is 1.87. The SMILES string of the molecule is CCCCCCC[CH]C(=O)OCC1CCCC1. The molecule has 99 valence electrons. The van der Waals surface area contributed by atoms with Crippen LogP contribution in [-0.2, 0) is 9.53 Å². The molecule has 0 spiro atoms. The normalized spacial score (nSPS) is 16.3. The van der Waals surface area contributed by atoms with Gasteiger partial charge in [-0.2, -0.15) is 0 Å². The van der Waals surface area contributed by atoms with Crippen LogP contribution in [0.4, 0.5) is 0 Å². The number of esters is 1. The second-order valence-corrected chi connectivity index (χ2v) is 5.19. The van der Waals surface area contributed by atoms with Gasteiger partial charge in [0.15, 0.2) is 0 Å². The molecule has 1 saturated carbocycles. The maximum absolute atomic E-state index is 11.4. The summed E-state index contributed by atoms with van der Waals surface area (Å²) >= 11 is 0. The molecule has 0 N–H and O–H groups in total. The summed E-state index contributed by atoms with van der Waals surface area (Å²) in [6.07, 6.45) is 13.9. The lowest BCUT2D eigenvalue weighted by Gasteiger charge is -2.09. The van der Waals surface area contributed by atoms with Gasteiger partial charge in [0.1, 0.15) is 0 Å². The van der Waals surface area contributed by atoms with Crippen molar-refractivity contribution in [2.24, 2.45) is 5.92 Å². The Morgan fingerprint density at radius 3 is 2.59 bits per heavy atom. The zero-order valence-corrected chi connectivity index (χ0v) is 11.2. The van der Waals surface area contributed by atoms with E-state index in [1.807, 2.05) is 0 Å². The van der Waals surface area contributed by atoms with E-state index in [1.54, 1.807) is 6.42 Å². The maximum atomic E-state index is 11.4. The molecule has 2 nitrogen and oxygen atoms in total. The van der Waals surface area contributed by atoms with Gasteiger partial charge in [-0.3, -0.25) is 4.79 Å². The van der Waals surface area contributed by atoms with Crippen molar-refractivity contribution in [1.82, 2.24) is 0 Å². The molecule has 0 atom stereocenters. The second kappa shape index (κ2) is 9.49. The number of hydrogen-bond donors (Lipinski definition) is 0. The van der Waals surface area contributed by atoms with Crippen molar-refractivity contribution in [3.05, 3.63) is 6.42 Å². The van der Waals surface area contributed by atoms with Crippen LogP contribution < -0.4 is 0 Å². The van der Waals surface area contributed by atoms with E-state index in [9.17, 15) is 4.79 Å². The predicted octanol–water partition coefficient (Wildman–Crippen LogP) is 4.28. The van der Waals surface area contributed by atoms with Crippen LogP contribution in [-0.4, -0.2) is 12.6 Å². The lowest BCUT2D eigenvalue weighted by Crippen LogP contribution is -2.12. The van der Waals surface area contributed by atoms with Crippen LogP contribution in [0.25, 0.3) is 0 Å². The van der Waals surface area contributed by atoms with Gasteiger partial charge in [-0.05, 0) is 25.2 Å². The summed E-state index contributed by atoms with van der Waals surface area (Å²) in [5, 5.41) is 0. The Hall–Kier alpha value is -0.530. The first-order valence-electron chi connectivity index (χ1n) is 7.33.